The van der Waals surface area contributed by atoms with E-state index in [0.717, 1.165) is 17.7 Å². The Hall–Kier alpha value is -0.850. The van der Waals surface area contributed by atoms with E-state index in [1.165, 1.54) is 0 Å². The second-order valence-corrected chi connectivity index (χ2v) is 2.22. The van der Waals surface area contributed by atoms with E-state index < -0.39 is 0 Å². The van der Waals surface area contributed by atoms with Gasteiger partial charge < -0.3 is 0 Å². The van der Waals surface area contributed by atoms with E-state index in [-0.39, 0.29) is 0 Å². The Labute approximate surface area is 63.2 Å². The minimum absolute atomic E-state index is 0.969. The summed E-state index contributed by atoms with van der Waals surface area (Å²) in [6, 6.07) is 0. The van der Waals surface area contributed by atoms with Gasteiger partial charge in [-0.15, -0.1) is 0 Å². The van der Waals surface area contributed by atoms with Gasteiger partial charge in [-0.2, -0.15) is 0 Å². The molecule has 0 fully saturated rings. The first-order valence-corrected chi connectivity index (χ1v) is 3.55. The summed E-state index contributed by atoms with van der Waals surface area (Å²) >= 11 is 0. The van der Waals surface area contributed by atoms with E-state index in [1.54, 1.807) is 6.21 Å². The second-order valence-electron chi connectivity index (χ2n) is 2.22. The normalized spacial score (nSPS) is 12.5. The van der Waals surface area contributed by atoms with Gasteiger partial charge in [0.25, 0.3) is 0 Å². The second kappa shape index (κ2) is 4.98. The van der Waals surface area contributed by atoms with E-state index in [0.29, 0.717) is 0 Å². The highest BCUT2D eigenvalue weighted by Gasteiger charge is 1.86. The molecule has 1 nitrogen and oxygen atoms in total. The predicted molar refractivity (Wildman–Crippen MR) is 47.4 cm³/mol. The number of hydrogen-bond donors (Lipinski definition) is 0. The number of nitrogens with zero attached hydrogens (tertiary/aromatic N) is 1. The van der Waals surface area contributed by atoms with Gasteiger partial charge in [-0.25, -0.2) is 0 Å². The van der Waals surface area contributed by atoms with Gasteiger partial charge >= 0.3 is 0 Å². The Bertz CT molecular complexity index is 164. The van der Waals surface area contributed by atoms with E-state index in [9.17, 15) is 0 Å². The summed E-state index contributed by atoms with van der Waals surface area (Å²) in [4.78, 5) is 4.16. The topological polar surface area (TPSA) is 12.4 Å². The first kappa shape index (κ1) is 9.15. The SMILES string of the molecule is C=C(C)/C=C(CC)\N=C/C. The Balaban J connectivity index is 4.18. The molecule has 1 heteroatoms. The molecule has 0 rings (SSSR count). The molecule has 0 heterocycles. The molecule has 0 aromatic rings. The highest BCUT2D eigenvalue weighted by atomic mass is 14.7. The van der Waals surface area contributed by atoms with Gasteiger partial charge in [0.05, 0.1) is 0 Å². The number of hydrogen-bond acceptors (Lipinski definition) is 1. The van der Waals surface area contributed by atoms with Gasteiger partial charge in [0.2, 0.25) is 0 Å². The van der Waals surface area contributed by atoms with Crippen molar-refractivity contribution in [3.63, 3.8) is 0 Å². The van der Waals surface area contributed by atoms with Crippen LogP contribution < -0.4 is 0 Å². The number of aliphatic imine (C=N–C) groups is 1. The summed E-state index contributed by atoms with van der Waals surface area (Å²) < 4.78 is 0. The summed E-state index contributed by atoms with van der Waals surface area (Å²) in [5, 5.41) is 0. The maximum absolute atomic E-state index is 4.16. The molecule has 0 aliphatic rings. The van der Waals surface area contributed by atoms with Crippen molar-refractivity contribution in [3.8, 4) is 0 Å². The molecule has 0 aliphatic heterocycles. The molecule has 0 spiro atoms. The van der Waals surface area contributed by atoms with Gasteiger partial charge in [0.15, 0.2) is 0 Å². The third-order valence-electron chi connectivity index (χ3n) is 1.07. The molecule has 0 unspecified atom stereocenters. The highest BCUT2D eigenvalue weighted by molar-refractivity contribution is 5.55. The summed E-state index contributed by atoms with van der Waals surface area (Å²) in [6.45, 7) is 9.75. The molecule has 0 atom stereocenters. The molecule has 10 heavy (non-hydrogen) atoms. The molecule has 0 aromatic carbocycles. The molecule has 0 saturated carbocycles. The number of allylic oxidation sites excluding steroid dienone is 3. The first-order chi connectivity index (χ1) is 4.70. The standard InChI is InChI=1S/C9H15N/c1-5-9(10-6-2)7-8(3)4/h6-7H,3,5H2,1-2,4H3/b9-7-,10-6-. The van der Waals surface area contributed by atoms with Crippen LogP contribution in [-0.4, -0.2) is 6.21 Å². The van der Waals surface area contributed by atoms with Crippen molar-refractivity contribution in [2.75, 3.05) is 0 Å². The minimum atomic E-state index is 0.969. The zero-order chi connectivity index (χ0) is 7.98. The van der Waals surface area contributed by atoms with Crippen LogP contribution in [-0.2, 0) is 0 Å². The van der Waals surface area contributed by atoms with Crippen molar-refractivity contribution in [3.05, 3.63) is 23.9 Å². The summed E-state index contributed by atoms with van der Waals surface area (Å²) in [5.41, 5.74) is 2.15. The quantitative estimate of drug-likeness (QED) is 0.419. The van der Waals surface area contributed by atoms with Crippen LogP contribution >= 0.6 is 0 Å². The van der Waals surface area contributed by atoms with Crippen molar-refractivity contribution >= 4 is 6.21 Å². The van der Waals surface area contributed by atoms with Crippen molar-refractivity contribution < 1.29 is 0 Å². The van der Waals surface area contributed by atoms with Crippen LogP contribution in [0, 0.1) is 0 Å². The van der Waals surface area contributed by atoms with Crippen molar-refractivity contribution in [1.82, 2.24) is 0 Å². The fourth-order valence-electron chi connectivity index (χ4n) is 0.681. The van der Waals surface area contributed by atoms with Crippen LogP contribution in [0.4, 0.5) is 0 Å². The summed E-state index contributed by atoms with van der Waals surface area (Å²) in [7, 11) is 0. The molecule has 0 N–H and O–H groups in total. The van der Waals surface area contributed by atoms with Crippen molar-refractivity contribution in [2.45, 2.75) is 27.2 Å². The lowest BCUT2D eigenvalue weighted by Gasteiger charge is -1.94. The van der Waals surface area contributed by atoms with E-state index in [4.69, 9.17) is 0 Å². The molecule has 0 aromatic heterocycles. The van der Waals surface area contributed by atoms with Gasteiger partial charge in [0, 0.05) is 11.9 Å². The van der Waals surface area contributed by atoms with Crippen LogP contribution in [0.15, 0.2) is 28.9 Å². The molecule has 0 radical (unpaired) electrons. The lowest BCUT2D eigenvalue weighted by molar-refractivity contribution is 1.07. The maximum atomic E-state index is 4.16. The molecule has 56 valence electrons. The fraction of sp³-hybridized carbons (Fsp3) is 0.444. The van der Waals surface area contributed by atoms with Crippen LogP contribution in [0.25, 0.3) is 0 Å². The summed E-state index contributed by atoms with van der Waals surface area (Å²) in [6.07, 6.45) is 4.77. The van der Waals surface area contributed by atoms with Gasteiger partial charge in [-0.1, -0.05) is 19.1 Å². The average molecular weight is 137 g/mol. The third-order valence-corrected chi connectivity index (χ3v) is 1.07. The van der Waals surface area contributed by atoms with Gasteiger partial charge in [-0.05, 0) is 26.3 Å². The molecule has 0 bridgehead atoms. The highest BCUT2D eigenvalue weighted by Crippen LogP contribution is 2.04. The monoisotopic (exact) mass is 137 g/mol. The van der Waals surface area contributed by atoms with E-state index >= 15 is 0 Å². The Morgan fingerprint density at radius 3 is 2.50 bits per heavy atom. The molecular formula is C9H15N. The Kier molecular flexibility index (Phi) is 4.55. The smallest absolute Gasteiger partial charge is 0.0399 e. The van der Waals surface area contributed by atoms with Crippen LogP contribution in [0.2, 0.25) is 0 Å². The average Bonchev–Trinajstić information content (AvgIpc) is 1.86. The van der Waals surface area contributed by atoms with Crippen LogP contribution in [0.3, 0.4) is 0 Å². The molecule has 0 saturated heterocycles. The maximum Gasteiger partial charge on any atom is 0.0399 e. The van der Waals surface area contributed by atoms with E-state index in [2.05, 4.69) is 18.5 Å². The Morgan fingerprint density at radius 1 is 1.60 bits per heavy atom. The van der Waals surface area contributed by atoms with Crippen molar-refractivity contribution in [1.29, 1.82) is 0 Å². The van der Waals surface area contributed by atoms with E-state index in [1.807, 2.05) is 19.9 Å². The van der Waals surface area contributed by atoms with Gasteiger partial charge in [0.1, 0.15) is 0 Å². The van der Waals surface area contributed by atoms with Crippen LogP contribution in [0.1, 0.15) is 27.2 Å². The van der Waals surface area contributed by atoms with Crippen LogP contribution in [0.5, 0.6) is 0 Å². The lowest BCUT2D eigenvalue weighted by atomic mass is 10.2. The summed E-state index contributed by atoms with van der Waals surface area (Å²) in [5.74, 6) is 0. The molecule has 0 amide bonds. The number of rotatable bonds is 3. The minimum Gasteiger partial charge on any atom is -0.266 e. The fourth-order valence-corrected chi connectivity index (χ4v) is 0.681. The Morgan fingerprint density at radius 2 is 2.20 bits per heavy atom. The third kappa shape index (κ3) is 4.07. The predicted octanol–water partition coefficient (Wildman–Crippen LogP) is 2.95. The zero-order valence-corrected chi connectivity index (χ0v) is 7.02. The van der Waals surface area contributed by atoms with Gasteiger partial charge in [-0.3, -0.25) is 4.99 Å². The first-order valence-electron chi connectivity index (χ1n) is 3.55. The lowest BCUT2D eigenvalue weighted by Crippen LogP contribution is -1.76. The van der Waals surface area contributed by atoms with Crippen molar-refractivity contribution in [2.24, 2.45) is 4.99 Å². The molecular weight excluding hydrogens is 122 g/mol. The molecule has 0 aliphatic carbocycles. The zero-order valence-electron chi connectivity index (χ0n) is 7.02. The largest absolute Gasteiger partial charge is 0.266 e.